The van der Waals surface area contributed by atoms with Crippen LogP contribution in [0.25, 0.3) is 0 Å². The minimum absolute atomic E-state index is 0.122. The standard InChI is InChI=1S/C27H27BrN2O5/c1-16-17(2)22(13-12-21(16)28)29-24(31)15-35-27(34)23(14-18-8-4-3-5-9-18)30-25(32)19-10-6-7-11-20(19)26(30)33/h3-9,12-13,19-20,23H,10-11,14-15H2,1-2H3,(H,29,31)/t19-,20+,23-/m0/s1. The molecular weight excluding hydrogens is 512 g/mol. The van der Waals surface area contributed by atoms with Crippen molar-refractivity contribution in [3.63, 3.8) is 0 Å². The number of halogens is 1. The van der Waals surface area contributed by atoms with Gasteiger partial charge in [-0.15, -0.1) is 0 Å². The van der Waals surface area contributed by atoms with Gasteiger partial charge in [0.05, 0.1) is 11.8 Å². The zero-order valence-electron chi connectivity index (χ0n) is 19.6. The number of ether oxygens (including phenoxy) is 1. The lowest BCUT2D eigenvalue weighted by molar-refractivity contribution is -0.159. The first-order valence-electron chi connectivity index (χ1n) is 11.6. The van der Waals surface area contributed by atoms with Gasteiger partial charge in [0.2, 0.25) is 11.8 Å². The van der Waals surface area contributed by atoms with Crippen LogP contribution in [0.15, 0.2) is 59.1 Å². The molecule has 3 amide bonds. The lowest BCUT2D eigenvalue weighted by atomic mass is 9.85. The molecule has 35 heavy (non-hydrogen) atoms. The van der Waals surface area contributed by atoms with Crippen LogP contribution in [0.5, 0.6) is 0 Å². The zero-order chi connectivity index (χ0) is 25.1. The van der Waals surface area contributed by atoms with Crippen LogP contribution >= 0.6 is 15.9 Å². The summed E-state index contributed by atoms with van der Waals surface area (Å²) in [5.74, 6) is -2.89. The Morgan fingerprint density at radius 2 is 1.63 bits per heavy atom. The highest BCUT2D eigenvalue weighted by molar-refractivity contribution is 9.10. The number of carbonyl (C=O) groups excluding carboxylic acids is 4. The number of nitrogens with one attached hydrogen (secondary N) is 1. The van der Waals surface area contributed by atoms with Gasteiger partial charge in [-0.1, -0.05) is 58.4 Å². The fraction of sp³-hybridized carbons (Fsp3) is 0.333. The molecule has 1 fully saturated rings. The minimum Gasteiger partial charge on any atom is -0.454 e. The zero-order valence-corrected chi connectivity index (χ0v) is 21.2. The molecule has 0 saturated carbocycles. The number of nitrogens with zero attached hydrogens (tertiary/aromatic N) is 1. The predicted octanol–water partition coefficient (Wildman–Crippen LogP) is 4.11. The van der Waals surface area contributed by atoms with E-state index in [0.29, 0.717) is 18.5 Å². The minimum atomic E-state index is -1.13. The number of hydrogen-bond donors (Lipinski definition) is 1. The van der Waals surface area contributed by atoms with Crippen molar-refractivity contribution < 1.29 is 23.9 Å². The number of benzene rings is 2. The van der Waals surface area contributed by atoms with Crippen LogP contribution < -0.4 is 5.32 Å². The van der Waals surface area contributed by atoms with Crippen LogP contribution in [0, 0.1) is 25.7 Å². The Bertz CT molecular complexity index is 1170. The highest BCUT2D eigenvalue weighted by Crippen LogP contribution is 2.37. The van der Waals surface area contributed by atoms with E-state index >= 15 is 0 Å². The molecule has 4 rings (SSSR count). The summed E-state index contributed by atoms with van der Waals surface area (Å²) in [4.78, 5) is 53.1. The van der Waals surface area contributed by atoms with Crippen molar-refractivity contribution in [2.24, 2.45) is 11.8 Å². The maximum absolute atomic E-state index is 13.2. The molecule has 0 bridgehead atoms. The van der Waals surface area contributed by atoms with Crippen molar-refractivity contribution in [1.82, 2.24) is 4.90 Å². The molecule has 2 aromatic carbocycles. The van der Waals surface area contributed by atoms with Gasteiger partial charge in [0.15, 0.2) is 6.61 Å². The van der Waals surface area contributed by atoms with Gasteiger partial charge >= 0.3 is 5.97 Å². The molecule has 0 unspecified atom stereocenters. The largest absolute Gasteiger partial charge is 0.454 e. The van der Waals surface area contributed by atoms with Gasteiger partial charge in [-0.05, 0) is 55.5 Å². The van der Waals surface area contributed by atoms with E-state index in [-0.39, 0.29) is 18.2 Å². The number of esters is 1. The molecular formula is C27H27BrN2O5. The van der Waals surface area contributed by atoms with Crippen molar-refractivity contribution in [2.75, 3.05) is 11.9 Å². The molecule has 1 aliphatic carbocycles. The lowest BCUT2D eigenvalue weighted by Gasteiger charge is -2.25. The summed E-state index contributed by atoms with van der Waals surface area (Å²) >= 11 is 3.46. The second-order valence-corrected chi connectivity index (χ2v) is 9.76. The topological polar surface area (TPSA) is 92.8 Å². The molecule has 8 heteroatoms. The molecule has 0 radical (unpaired) electrons. The number of rotatable bonds is 7. The van der Waals surface area contributed by atoms with Crippen LogP contribution in [0.1, 0.15) is 29.5 Å². The Labute approximate surface area is 212 Å². The monoisotopic (exact) mass is 538 g/mol. The van der Waals surface area contributed by atoms with E-state index in [9.17, 15) is 19.2 Å². The number of imide groups is 1. The van der Waals surface area contributed by atoms with Gasteiger partial charge in [-0.2, -0.15) is 0 Å². The summed E-state index contributed by atoms with van der Waals surface area (Å²) in [6.45, 7) is 3.29. The second-order valence-electron chi connectivity index (χ2n) is 8.91. The van der Waals surface area contributed by atoms with Crippen molar-refractivity contribution in [3.8, 4) is 0 Å². The first-order valence-corrected chi connectivity index (χ1v) is 12.3. The molecule has 1 saturated heterocycles. The van der Waals surface area contributed by atoms with E-state index in [0.717, 1.165) is 26.1 Å². The molecule has 0 spiro atoms. The predicted molar refractivity (Wildman–Crippen MR) is 134 cm³/mol. The molecule has 2 aliphatic rings. The highest BCUT2D eigenvalue weighted by atomic mass is 79.9. The van der Waals surface area contributed by atoms with E-state index in [4.69, 9.17) is 4.74 Å². The number of likely N-dealkylation sites (tertiary alicyclic amines) is 1. The van der Waals surface area contributed by atoms with Crippen LogP contribution in [-0.4, -0.2) is 41.2 Å². The first kappa shape index (κ1) is 24.9. The van der Waals surface area contributed by atoms with Gasteiger partial charge in [-0.25, -0.2) is 4.79 Å². The summed E-state index contributed by atoms with van der Waals surface area (Å²) < 4.78 is 6.27. The fourth-order valence-corrected chi connectivity index (χ4v) is 5.02. The second kappa shape index (κ2) is 10.6. The van der Waals surface area contributed by atoms with Crippen molar-refractivity contribution in [3.05, 3.63) is 75.8 Å². The van der Waals surface area contributed by atoms with Gasteiger partial charge in [0, 0.05) is 16.6 Å². The Morgan fingerprint density at radius 1 is 1.00 bits per heavy atom. The molecule has 2 aromatic rings. The van der Waals surface area contributed by atoms with Crippen molar-refractivity contribution in [2.45, 2.75) is 39.2 Å². The molecule has 1 N–H and O–H groups in total. The number of anilines is 1. The van der Waals surface area contributed by atoms with E-state index in [1.807, 2.05) is 62.4 Å². The first-order chi connectivity index (χ1) is 16.8. The SMILES string of the molecule is Cc1c(Br)ccc(NC(=O)COC(=O)[C@H](Cc2ccccc2)N2C(=O)[C@H]3CC=CC[C@H]3C2=O)c1C. The average Bonchev–Trinajstić information content (AvgIpc) is 3.12. The van der Waals surface area contributed by atoms with E-state index in [1.54, 1.807) is 6.07 Å². The number of allylic oxidation sites excluding steroid dienone is 2. The number of amides is 3. The Morgan fingerprint density at radius 3 is 2.26 bits per heavy atom. The van der Waals surface area contributed by atoms with E-state index < -0.39 is 36.4 Å². The summed E-state index contributed by atoms with van der Waals surface area (Å²) in [7, 11) is 0. The average molecular weight is 539 g/mol. The molecule has 1 heterocycles. The maximum atomic E-state index is 13.2. The maximum Gasteiger partial charge on any atom is 0.330 e. The van der Waals surface area contributed by atoms with Gasteiger partial charge < -0.3 is 10.1 Å². The summed E-state index contributed by atoms with van der Waals surface area (Å²) in [6.07, 6.45) is 4.88. The summed E-state index contributed by atoms with van der Waals surface area (Å²) in [5, 5.41) is 2.76. The summed E-state index contributed by atoms with van der Waals surface area (Å²) in [5.41, 5.74) is 3.29. The normalized spacial score (nSPS) is 19.9. The Kier molecular flexibility index (Phi) is 7.50. The number of carbonyl (C=O) groups is 4. The molecule has 0 aromatic heterocycles. The van der Waals surface area contributed by atoms with E-state index in [1.165, 1.54) is 0 Å². The molecule has 3 atom stereocenters. The quantitative estimate of drug-likeness (QED) is 0.325. The number of fused-ring (bicyclic) bond motifs is 1. The Balaban J connectivity index is 1.49. The smallest absolute Gasteiger partial charge is 0.330 e. The van der Waals surface area contributed by atoms with Crippen LogP contribution in [0.4, 0.5) is 5.69 Å². The van der Waals surface area contributed by atoms with Gasteiger partial charge in [0.1, 0.15) is 6.04 Å². The third-order valence-corrected chi connectivity index (χ3v) is 7.60. The van der Waals surface area contributed by atoms with Crippen LogP contribution in [-0.2, 0) is 30.3 Å². The molecule has 182 valence electrons. The van der Waals surface area contributed by atoms with E-state index in [2.05, 4.69) is 21.2 Å². The molecule has 1 aliphatic heterocycles. The third-order valence-electron chi connectivity index (χ3n) is 6.74. The van der Waals surface area contributed by atoms with Crippen molar-refractivity contribution >= 4 is 45.3 Å². The van der Waals surface area contributed by atoms with Crippen LogP contribution in [0.3, 0.4) is 0 Å². The van der Waals surface area contributed by atoms with Crippen LogP contribution in [0.2, 0.25) is 0 Å². The van der Waals surface area contributed by atoms with Crippen molar-refractivity contribution in [1.29, 1.82) is 0 Å². The third kappa shape index (κ3) is 5.22. The summed E-state index contributed by atoms with van der Waals surface area (Å²) in [6, 6.07) is 11.6. The van der Waals surface area contributed by atoms with Gasteiger partial charge in [0.25, 0.3) is 5.91 Å². The lowest BCUT2D eigenvalue weighted by Crippen LogP contribution is -2.48. The number of hydrogen-bond acceptors (Lipinski definition) is 5. The highest BCUT2D eigenvalue weighted by Gasteiger charge is 2.51. The molecule has 7 nitrogen and oxygen atoms in total. The van der Waals surface area contributed by atoms with Gasteiger partial charge in [-0.3, -0.25) is 19.3 Å². The fourth-order valence-electron chi connectivity index (χ4n) is 4.59. The Hall–Kier alpha value is -3.26.